The molecule has 2 unspecified atom stereocenters. The maximum absolute atomic E-state index is 13.0. The van der Waals surface area contributed by atoms with E-state index in [9.17, 15) is 34.5 Å². The summed E-state index contributed by atoms with van der Waals surface area (Å²) in [5.74, 6) is -4.14. The molecule has 6 N–H and O–H groups in total. The summed E-state index contributed by atoms with van der Waals surface area (Å²) in [5.41, 5.74) is 7.85. The van der Waals surface area contributed by atoms with Gasteiger partial charge >= 0.3 is 17.9 Å². The number of nitrogens with two attached hydrogens (primary N) is 1. The van der Waals surface area contributed by atoms with Gasteiger partial charge in [-0.15, -0.1) is 0 Å². The number of carboxylic acid groups (broad SMARTS) is 3. The van der Waals surface area contributed by atoms with Crippen molar-refractivity contribution in [3.8, 4) is 0 Å². The van der Waals surface area contributed by atoms with Gasteiger partial charge in [-0.1, -0.05) is 43.5 Å². The van der Waals surface area contributed by atoms with Crippen LogP contribution in [0.4, 0.5) is 0 Å². The lowest BCUT2D eigenvalue weighted by molar-refractivity contribution is -0.141. The Labute approximate surface area is 235 Å². The number of amides is 1. The first kappa shape index (κ1) is 31.5. The van der Waals surface area contributed by atoms with Crippen LogP contribution >= 0.6 is 0 Å². The highest BCUT2D eigenvalue weighted by Gasteiger charge is 2.36. The van der Waals surface area contributed by atoms with Crippen molar-refractivity contribution >= 4 is 23.8 Å². The number of carbonyl (C=O) groups is 4. The normalized spacial score (nSPS) is 22.1. The predicted molar refractivity (Wildman–Crippen MR) is 148 cm³/mol. The summed E-state index contributed by atoms with van der Waals surface area (Å²) in [6.07, 6.45) is 5.89. The van der Waals surface area contributed by atoms with Crippen molar-refractivity contribution in [3.63, 3.8) is 0 Å². The predicted octanol–water partition coefficient (Wildman–Crippen LogP) is 0.435. The molecule has 1 saturated heterocycles. The summed E-state index contributed by atoms with van der Waals surface area (Å²) in [6.45, 7) is 1.30. The molecule has 0 radical (unpaired) electrons. The smallest absolute Gasteiger partial charge is 0.317 e. The van der Waals surface area contributed by atoms with E-state index >= 15 is 0 Å². The highest BCUT2D eigenvalue weighted by Crippen LogP contribution is 2.34. The van der Waals surface area contributed by atoms with Crippen LogP contribution in [0.25, 0.3) is 0 Å². The van der Waals surface area contributed by atoms with Crippen molar-refractivity contribution in [2.45, 2.75) is 50.0 Å². The van der Waals surface area contributed by atoms with E-state index < -0.39 is 35.8 Å². The quantitative estimate of drug-likeness (QED) is 0.268. The van der Waals surface area contributed by atoms with E-state index in [1.54, 1.807) is 14.7 Å². The molecule has 0 aromatic heterocycles. The standard InChI is InChI=1S/C28H43N5O7/c29-28(40)27(22-8-6-21(7-9-22)20-4-2-1-3-5-20)23-16-32(18-25(36)37)15-14-31(17-24(34)35)12-10-30-11-13-33(23)19-26(38)39/h6-9,20,23,27,30H,1-5,10-19H2,(H2,29,40)(H,34,35)(H,36,37)(H,38,39). The number of nitrogens with one attached hydrogen (secondary N) is 1. The minimum atomic E-state index is -1.07. The average Bonchev–Trinajstić information content (AvgIpc) is 2.89. The fourth-order valence-corrected chi connectivity index (χ4v) is 5.97. The SMILES string of the molecule is NC(=O)C(c1ccc(C2CCCCC2)cc1)C1CN(CC(=O)O)CCN(CC(=O)O)CCNCCN1CC(=O)O. The van der Waals surface area contributed by atoms with Gasteiger partial charge in [-0.05, 0) is 29.9 Å². The number of carbonyl (C=O) groups excluding carboxylic acids is 1. The van der Waals surface area contributed by atoms with Crippen molar-refractivity contribution in [1.29, 1.82) is 0 Å². The number of rotatable bonds is 10. The van der Waals surface area contributed by atoms with Crippen LogP contribution in [0.5, 0.6) is 0 Å². The van der Waals surface area contributed by atoms with Crippen molar-refractivity contribution in [2.24, 2.45) is 5.73 Å². The van der Waals surface area contributed by atoms with Crippen molar-refractivity contribution < 1.29 is 34.5 Å². The molecule has 12 nitrogen and oxygen atoms in total. The fourth-order valence-electron chi connectivity index (χ4n) is 5.97. The second kappa shape index (κ2) is 15.7. The number of nitrogens with zero attached hydrogens (tertiary/aromatic N) is 3. The molecule has 222 valence electrons. The monoisotopic (exact) mass is 561 g/mol. The van der Waals surface area contributed by atoms with Gasteiger partial charge in [-0.2, -0.15) is 0 Å². The van der Waals surface area contributed by atoms with E-state index in [-0.39, 0.29) is 39.3 Å². The Hall–Kier alpha value is -3.06. The number of hydrogen-bond donors (Lipinski definition) is 5. The zero-order valence-corrected chi connectivity index (χ0v) is 23.0. The van der Waals surface area contributed by atoms with Gasteiger partial charge in [0.2, 0.25) is 5.91 Å². The number of aliphatic carboxylic acids is 3. The molecule has 1 heterocycles. The van der Waals surface area contributed by atoms with Crippen LogP contribution in [-0.2, 0) is 19.2 Å². The van der Waals surface area contributed by atoms with Crippen LogP contribution in [0.15, 0.2) is 24.3 Å². The Kier molecular flexibility index (Phi) is 12.3. The number of carboxylic acids is 3. The lowest BCUT2D eigenvalue weighted by Gasteiger charge is -2.39. The first-order valence-corrected chi connectivity index (χ1v) is 14.1. The molecule has 1 aromatic carbocycles. The van der Waals surface area contributed by atoms with Crippen LogP contribution in [0.1, 0.15) is 55.1 Å². The van der Waals surface area contributed by atoms with Gasteiger partial charge in [0.1, 0.15) is 0 Å². The summed E-state index contributed by atoms with van der Waals surface area (Å²) in [5, 5.41) is 31.9. The topological polar surface area (TPSA) is 177 Å². The Bertz CT molecular complexity index is 999. The third-order valence-corrected chi connectivity index (χ3v) is 7.95. The zero-order valence-electron chi connectivity index (χ0n) is 23.0. The number of hydrogen-bond acceptors (Lipinski definition) is 8. The lowest BCUT2D eigenvalue weighted by Crippen LogP contribution is -2.55. The minimum Gasteiger partial charge on any atom is -0.480 e. The van der Waals surface area contributed by atoms with Crippen LogP contribution in [0, 0.1) is 0 Å². The Balaban J connectivity index is 1.95. The maximum atomic E-state index is 13.0. The van der Waals surface area contributed by atoms with E-state index in [4.69, 9.17) is 5.73 Å². The molecule has 2 atom stereocenters. The summed E-state index contributed by atoms with van der Waals surface area (Å²) < 4.78 is 0. The summed E-state index contributed by atoms with van der Waals surface area (Å²) in [4.78, 5) is 53.1. The van der Waals surface area contributed by atoms with Gasteiger partial charge in [0.05, 0.1) is 25.6 Å². The van der Waals surface area contributed by atoms with Crippen molar-refractivity contribution in [2.75, 3.05) is 65.4 Å². The van der Waals surface area contributed by atoms with E-state index in [1.807, 2.05) is 24.3 Å². The molecule has 0 spiro atoms. The minimum absolute atomic E-state index is 0.0679. The van der Waals surface area contributed by atoms with Gasteiger partial charge in [-0.3, -0.25) is 33.9 Å². The second-order valence-corrected chi connectivity index (χ2v) is 10.9. The summed E-state index contributed by atoms with van der Waals surface area (Å²) in [7, 11) is 0. The molecule has 1 saturated carbocycles. The highest BCUT2D eigenvalue weighted by molar-refractivity contribution is 5.83. The van der Waals surface area contributed by atoms with Gasteiger partial charge in [0, 0.05) is 51.9 Å². The molecule has 1 amide bonds. The van der Waals surface area contributed by atoms with Crippen molar-refractivity contribution in [3.05, 3.63) is 35.4 Å². The van der Waals surface area contributed by atoms with E-state index in [1.165, 1.54) is 24.8 Å². The highest BCUT2D eigenvalue weighted by atomic mass is 16.4. The molecular formula is C28H43N5O7. The molecule has 3 rings (SSSR count). The molecular weight excluding hydrogens is 518 g/mol. The molecule has 2 aliphatic rings. The van der Waals surface area contributed by atoms with Crippen LogP contribution in [0.2, 0.25) is 0 Å². The lowest BCUT2D eigenvalue weighted by atomic mass is 9.82. The van der Waals surface area contributed by atoms with Crippen LogP contribution in [0.3, 0.4) is 0 Å². The van der Waals surface area contributed by atoms with Gasteiger partial charge in [0.15, 0.2) is 0 Å². The Morgan fingerprint density at radius 3 is 1.98 bits per heavy atom. The summed E-state index contributed by atoms with van der Waals surface area (Å²) >= 11 is 0. The molecule has 2 fully saturated rings. The fraction of sp³-hybridized carbons (Fsp3) is 0.643. The second-order valence-electron chi connectivity index (χ2n) is 10.9. The first-order chi connectivity index (χ1) is 19.1. The van der Waals surface area contributed by atoms with E-state index in [2.05, 4.69) is 5.32 Å². The average molecular weight is 562 g/mol. The van der Waals surface area contributed by atoms with Crippen molar-refractivity contribution in [1.82, 2.24) is 20.0 Å². The van der Waals surface area contributed by atoms with Gasteiger partial charge < -0.3 is 26.4 Å². The Morgan fingerprint density at radius 2 is 1.38 bits per heavy atom. The molecule has 40 heavy (non-hydrogen) atoms. The van der Waals surface area contributed by atoms with Crippen LogP contribution in [-0.4, -0.2) is 125 Å². The molecule has 1 aliphatic carbocycles. The van der Waals surface area contributed by atoms with E-state index in [0.29, 0.717) is 37.7 Å². The molecule has 1 aliphatic heterocycles. The molecule has 12 heteroatoms. The third-order valence-electron chi connectivity index (χ3n) is 7.95. The molecule has 0 bridgehead atoms. The largest absolute Gasteiger partial charge is 0.480 e. The van der Waals surface area contributed by atoms with Crippen LogP contribution < -0.4 is 11.1 Å². The number of primary amides is 1. The van der Waals surface area contributed by atoms with Gasteiger partial charge in [-0.25, -0.2) is 0 Å². The molecule has 1 aromatic rings. The summed E-state index contributed by atoms with van der Waals surface area (Å²) in [6, 6.07) is 7.12. The zero-order chi connectivity index (χ0) is 29.1. The van der Waals surface area contributed by atoms with E-state index in [0.717, 1.165) is 12.8 Å². The van der Waals surface area contributed by atoms with Gasteiger partial charge in [0.25, 0.3) is 0 Å². The maximum Gasteiger partial charge on any atom is 0.317 e. The first-order valence-electron chi connectivity index (χ1n) is 14.1. The third kappa shape index (κ3) is 9.84. The Morgan fingerprint density at radius 1 is 0.800 bits per heavy atom. The number of benzene rings is 1.